The molecule has 0 saturated carbocycles. The summed E-state index contributed by atoms with van der Waals surface area (Å²) in [6.45, 7) is 8.36. The van der Waals surface area contributed by atoms with Crippen LogP contribution in [-0.2, 0) is 10.2 Å². The maximum Gasteiger partial charge on any atom is 0.266 e. The lowest BCUT2D eigenvalue weighted by Gasteiger charge is -2.36. The maximum atomic E-state index is 10.3. The second-order valence-electron chi connectivity index (χ2n) is 7.15. The SMILES string of the molecule is CC(C)(C)c1nc(N2CCCC2C2COCCC2O)no1. The molecule has 2 saturated heterocycles. The predicted molar refractivity (Wildman–Crippen MR) is 78.3 cm³/mol. The van der Waals surface area contributed by atoms with Gasteiger partial charge in [-0.15, -0.1) is 0 Å². The van der Waals surface area contributed by atoms with E-state index < -0.39 is 0 Å². The van der Waals surface area contributed by atoms with Gasteiger partial charge in [0.05, 0.1) is 12.7 Å². The molecule has 118 valence electrons. The summed E-state index contributed by atoms with van der Waals surface area (Å²) < 4.78 is 11.0. The molecule has 0 aliphatic carbocycles. The van der Waals surface area contributed by atoms with Crippen molar-refractivity contribution in [1.29, 1.82) is 0 Å². The van der Waals surface area contributed by atoms with E-state index in [-0.39, 0.29) is 23.5 Å². The third-order valence-electron chi connectivity index (χ3n) is 4.47. The molecule has 2 aliphatic heterocycles. The van der Waals surface area contributed by atoms with Gasteiger partial charge in [0.15, 0.2) is 0 Å². The number of rotatable bonds is 2. The van der Waals surface area contributed by atoms with Crippen LogP contribution in [0, 0.1) is 5.92 Å². The van der Waals surface area contributed by atoms with E-state index in [1.165, 1.54) is 0 Å². The van der Waals surface area contributed by atoms with Crippen LogP contribution in [0.5, 0.6) is 0 Å². The van der Waals surface area contributed by atoms with Crippen molar-refractivity contribution in [3.63, 3.8) is 0 Å². The summed E-state index contributed by atoms with van der Waals surface area (Å²) in [5.41, 5.74) is -0.145. The molecular formula is C15H25N3O3. The molecule has 21 heavy (non-hydrogen) atoms. The van der Waals surface area contributed by atoms with Gasteiger partial charge in [0.25, 0.3) is 5.95 Å². The average Bonchev–Trinajstić information content (AvgIpc) is 3.07. The molecule has 2 aliphatic rings. The van der Waals surface area contributed by atoms with E-state index in [2.05, 4.69) is 35.8 Å². The molecule has 1 aromatic rings. The van der Waals surface area contributed by atoms with Crippen molar-refractivity contribution in [2.45, 2.75) is 57.6 Å². The number of aromatic nitrogens is 2. The van der Waals surface area contributed by atoms with Crippen LogP contribution < -0.4 is 4.90 Å². The van der Waals surface area contributed by atoms with Crippen molar-refractivity contribution in [3.05, 3.63) is 5.89 Å². The zero-order chi connectivity index (χ0) is 15.0. The summed E-state index contributed by atoms with van der Waals surface area (Å²) in [7, 11) is 0. The Morgan fingerprint density at radius 2 is 2.10 bits per heavy atom. The molecule has 3 rings (SSSR count). The van der Waals surface area contributed by atoms with Gasteiger partial charge in [-0.25, -0.2) is 0 Å². The van der Waals surface area contributed by atoms with E-state index >= 15 is 0 Å². The molecule has 1 aromatic heterocycles. The van der Waals surface area contributed by atoms with Gasteiger partial charge >= 0.3 is 0 Å². The van der Waals surface area contributed by atoms with Gasteiger partial charge in [0.2, 0.25) is 5.89 Å². The Hall–Kier alpha value is -1.14. The number of ether oxygens (including phenoxy) is 1. The highest BCUT2D eigenvalue weighted by Crippen LogP contribution is 2.33. The van der Waals surface area contributed by atoms with Gasteiger partial charge in [-0.05, 0) is 24.4 Å². The Morgan fingerprint density at radius 3 is 2.76 bits per heavy atom. The first-order chi connectivity index (χ1) is 9.97. The second kappa shape index (κ2) is 5.57. The summed E-state index contributed by atoms with van der Waals surface area (Å²) in [4.78, 5) is 6.74. The highest BCUT2D eigenvalue weighted by Gasteiger charge is 2.39. The first kappa shape index (κ1) is 14.8. The van der Waals surface area contributed by atoms with Gasteiger partial charge in [0, 0.05) is 30.5 Å². The van der Waals surface area contributed by atoms with Gasteiger partial charge in [0.1, 0.15) is 0 Å². The molecule has 6 nitrogen and oxygen atoms in total. The summed E-state index contributed by atoms with van der Waals surface area (Å²) in [6.07, 6.45) is 2.56. The minimum atomic E-state index is -0.293. The number of nitrogens with zero attached hydrogens (tertiary/aromatic N) is 3. The van der Waals surface area contributed by atoms with Crippen molar-refractivity contribution < 1.29 is 14.4 Å². The molecule has 1 N–H and O–H groups in total. The Bertz CT molecular complexity index is 483. The minimum Gasteiger partial charge on any atom is -0.393 e. The van der Waals surface area contributed by atoms with Crippen LogP contribution in [0.1, 0.15) is 45.9 Å². The number of hydrogen-bond donors (Lipinski definition) is 1. The lowest BCUT2D eigenvalue weighted by atomic mass is 9.89. The van der Waals surface area contributed by atoms with Crippen LogP contribution in [0.2, 0.25) is 0 Å². The molecule has 3 unspecified atom stereocenters. The van der Waals surface area contributed by atoms with Crippen molar-refractivity contribution in [3.8, 4) is 0 Å². The van der Waals surface area contributed by atoms with Crippen LogP contribution in [0.3, 0.4) is 0 Å². The Kier molecular flexibility index (Phi) is 3.92. The fourth-order valence-corrected chi connectivity index (χ4v) is 3.24. The smallest absolute Gasteiger partial charge is 0.266 e. The summed E-state index contributed by atoms with van der Waals surface area (Å²) in [6, 6.07) is 0.241. The van der Waals surface area contributed by atoms with Crippen LogP contribution in [-0.4, -0.2) is 47.2 Å². The van der Waals surface area contributed by atoms with Gasteiger partial charge in [-0.3, -0.25) is 0 Å². The Balaban J connectivity index is 1.79. The van der Waals surface area contributed by atoms with Crippen LogP contribution in [0.25, 0.3) is 0 Å². The van der Waals surface area contributed by atoms with E-state index in [0.717, 1.165) is 19.4 Å². The van der Waals surface area contributed by atoms with Crippen LogP contribution in [0.4, 0.5) is 5.95 Å². The second-order valence-corrected chi connectivity index (χ2v) is 7.15. The minimum absolute atomic E-state index is 0.137. The van der Waals surface area contributed by atoms with Gasteiger partial charge in [-0.2, -0.15) is 4.98 Å². The summed E-state index contributed by atoms with van der Waals surface area (Å²) in [5.74, 6) is 1.45. The normalized spacial score (nSPS) is 30.9. The van der Waals surface area contributed by atoms with Gasteiger partial charge < -0.3 is 19.3 Å². The van der Waals surface area contributed by atoms with Crippen LogP contribution >= 0.6 is 0 Å². The number of aliphatic hydroxyl groups is 1. The predicted octanol–water partition coefficient (Wildman–Crippen LogP) is 1.73. The lowest BCUT2D eigenvalue weighted by molar-refractivity contribution is -0.0439. The maximum absolute atomic E-state index is 10.3. The topological polar surface area (TPSA) is 71.6 Å². The molecule has 3 atom stereocenters. The monoisotopic (exact) mass is 295 g/mol. The highest BCUT2D eigenvalue weighted by molar-refractivity contribution is 5.33. The van der Waals surface area contributed by atoms with E-state index in [4.69, 9.17) is 9.26 Å². The fourth-order valence-electron chi connectivity index (χ4n) is 3.24. The molecule has 3 heterocycles. The van der Waals surface area contributed by atoms with Crippen molar-refractivity contribution in [2.75, 3.05) is 24.7 Å². The zero-order valence-corrected chi connectivity index (χ0v) is 13.1. The lowest BCUT2D eigenvalue weighted by Crippen LogP contribution is -2.46. The third kappa shape index (κ3) is 2.92. The molecular weight excluding hydrogens is 270 g/mol. The van der Waals surface area contributed by atoms with E-state index in [0.29, 0.717) is 31.5 Å². The quantitative estimate of drug-likeness (QED) is 0.896. The van der Waals surface area contributed by atoms with Crippen LogP contribution in [0.15, 0.2) is 4.52 Å². The first-order valence-electron chi connectivity index (χ1n) is 7.83. The Morgan fingerprint density at radius 1 is 1.29 bits per heavy atom. The third-order valence-corrected chi connectivity index (χ3v) is 4.47. The summed E-state index contributed by atoms with van der Waals surface area (Å²) in [5, 5.41) is 14.4. The molecule has 0 bridgehead atoms. The van der Waals surface area contributed by atoms with E-state index in [1.54, 1.807) is 0 Å². The van der Waals surface area contributed by atoms with E-state index in [9.17, 15) is 5.11 Å². The fraction of sp³-hybridized carbons (Fsp3) is 0.867. The van der Waals surface area contributed by atoms with Crippen molar-refractivity contribution in [1.82, 2.24) is 10.1 Å². The summed E-state index contributed by atoms with van der Waals surface area (Å²) >= 11 is 0. The zero-order valence-electron chi connectivity index (χ0n) is 13.1. The number of hydrogen-bond acceptors (Lipinski definition) is 6. The molecule has 2 fully saturated rings. The Labute approximate surface area is 125 Å². The molecule has 0 radical (unpaired) electrons. The van der Waals surface area contributed by atoms with Gasteiger partial charge in [-0.1, -0.05) is 20.8 Å². The molecule has 0 amide bonds. The first-order valence-corrected chi connectivity index (χ1v) is 7.83. The largest absolute Gasteiger partial charge is 0.393 e. The van der Waals surface area contributed by atoms with E-state index in [1.807, 2.05) is 0 Å². The molecule has 6 heteroatoms. The van der Waals surface area contributed by atoms with Crippen molar-refractivity contribution >= 4 is 5.95 Å². The average molecular weight is 295 g/mol. The number of anilines is 1. The standard InChI is InChI=1S/C15H25N3O3/c1-15(2,3)13-16-14(17-21-13)18-7-4-5-11(18)10-9-20-8-6-12(10)19/h10-12,19H,4-9H2,1-3H3. The number of aliphatic hydroxyl groups excluding tert-OH is 1. The molecule has 0 aromatic carbocycles. The molecule has 0 spiro atoms. The highest BCUT2D eigenvalue weighted by atomic mass is 16.5. The van der Waals surface area contributed by atoms with Crippen molar-refractivity contribution in [2.24, 2.45) is 5.92 Å².